The molecule has 2 heterocycles. The molecule has 82 valence electrons. The summed E-state index contributed by atoms with van der Waals surface area (Å²) in [5.74, 6) is 0. The Morgan fingerprint density at radius 3 is 0.867 bits per heavy atom. The van der Waals surface area contributed by atoms with Gasteiger partial charge >= 0.3 is 0 Å². The number of nitrogens with zero attached hydrogens (tertiary/aromatic N) is 2. The first kappa shape index (κ1) is 16.7. The number of hydrogen-bond acceptors (Lipinski definition) is 4. The lowest BCUT2D eigenvalue weighted by atomic mass is 10.5. The van der Waals surface area contributed by atoms with Crippen LogP contribution < -0.4 is 0 Å². The molecular formula is C10H13ClN2S2. The van der Waals surface area contributed by atoms with Gasteiger partial charge in [-0.05, 0) is 24.3 Å². The Labute approximate surface area is 107 Å². The SMILES string of the molecule is Cl.SS.c1ccncc1.c1ccncc1. The van der Waals surface area contributed by atoms with Gasteiger partial charge in [-0.3, -0.25) is 9.97 Å². The van der Waals surface area contributed by atoms with Crippen molar-refractivity contribution in [2.45, 2.75) is 0 Å². The van der Waals surface area contributed by atoms with Crippen molar-refractivity contribution in [1.29, 1.82) is 0 Å². The zero-order valence-corrected chi connectivity index (χ0v) is 10.6. The van der Waals surface area contributed by atoms with Crippen LogP contribution in [0.2, 0.25) is 0 Å². The molecule has 0 aromatic carbocycles. The van der Waals surface area contributed by atoms with E-state index < -0.39 is 0 Å². The highest BCUT2D eigenvalue weighted by Crippen LogP contribution is 1.74. The maximum absolute atomic E-state index is 3.78. The van der Waals surface area contributed by atoms with E-state index in [1.165, 1.54) is 0 Å². The predicted octanol–water partition coefficient (Wildman–Crippen LogP) is 3.35. The van der Waals surface area contributed by atoms with Crippen molar-refractivity contribution in [1.82, 2.24) is 9.97 Å². The van der Waals surface area contributed by atoms with Crippen molar-refractivity contribution in [3.8, 4) is 0 Å². The second-order valence-corrected chi connectivity index (χ2v) is 2.05. The molecule has 0 atom stereocenters. The lowest BCUT2D eigenvalue weighted by Gasteiger charge is -1.70. The average molecular weight is 261 g/mol. The Balaban J connectivity index is 0. The first-order chi connectivity index (χ1) is 7.00. The van der Waals surface area contributed by atoms with Crippen LogP contribution >= 0.6 is 35.7 Å². The maximum Gasteiger partial charge on any atom is 0.0267 e. The summed E-state index contributed by atoms with van der Waals surface area (Å²) in [5, 5.41) is 0. The number of rotatable bonds is 0. The molecule has 0 saturated heterocycles. The molecular weight excluding hydrogens is 248 g/mol. The highest BCUT2D eigenvalue weighted by molar-refractivity contribution is 8.59. The molecule has 0 radical (unpaired) electrons. The summed E-state index contributed by atoms with van der Waals surface area (Å²) >= 11 is 6.44. The minimum atomic E-state index is 0. The second kappa shape index (κ2) is 15.7. The summed E-state index contributed by atoms with van der Waals surface area (Å²) < 4.78 is 0. The van der Waals surface area contributed by atoms with Gasteiger partial charge in [0.2, 0.25) is 0 Å². The summed E-state index contributed by atoms with van der Waals surface area (Å²) in [4.78, 5) is 7.57. The molecule has 0 aliphatic rings. The Kier molecular flexibility index (Phi) is 17.5. The van der Waals surface area contributed by atoms with Gasteiger partial charge in [-0.15, -0.1) is 35.7 Å². The van der Waals surface area contributed by atoms with Crippen molar-refractivity contribution >= 4 is 35.7 Å². The molecule has 2 rings (SSSR count). The normalized spacial score (nSPS) is 6.80. The molecule has 0 amide bonds. The van der Waals surface area contributed by atoms with E-state index in [1.54, 1.807) is 24.8 Å². The summed E-state index contributed by atoms with van der Waals surface area (Å²) in [6, 6.07) is 11.4. The largest absolute Gasteiger partial charge is 0.265 e. The van der Waals surface area contributed by atoms with E-state index in [2.05, 4.69) is 33.3 Å². The van der Waals surface area contributed by atoms with Crippen LogP contribution in [0.3, 0.4) is 0 Å². The first-order valence-electron chi connectivity index (χ1n) is 3.90. The van der Waals surface area contributed by atoms with Gasteiger partial charge in [-0.25, -0.2) is 0 Å². The van der Waals surface area contributed by atoms with E-state index in [1.807, 2.05) is 36.4 Å². The third-order valence-corrected chi connectivity index (χ3v) is 1.13. The molecule has 0 bridgehead atoms. The van der Waals surface area contributed by atoms with Gasteiger partial charge in [0.1, 0.15) is 0 Å². The fourth-order valence-corrected chi connectivity index (χ4v) is 0.625. The van der Waals surface area contributed by atoms with Crippen LogP contribution in [-0.4, -0.2) is 9.97 Å². The van der Waals surface area contributed by atoms with E-state index in [-0.39, 0.29) is 12.4 Å². The third kappa shape index (κ3) is 13.3. The summed E-state index contributed by atoms with van der Waals surface area (Å²) in [7, 11) is 0. The molecule has 0 saturated carbocycles. The van der Waals surface area contributed by atoms with E-state index in [4.69, 9.17) is 0 Å². The van der Waals surface area contributed by atoms with Crippen molar-refractivity contribution < 1.29 is 0 Å². The van der Waals surface area contributed by atoms with Gasteiger partial charge in [0.05, 0.1) is 0 Å². The van der Waals surface area contributed by atoms with Gasteiger partial charge in [-0.2, -0.15) is 0 Å². The van der Waals surface area contributed by atoms with Gasteiger partial charge < -0.3 is 0 Å². The number of hydrogen-bond donors (Lipinski definition) is 2. The van der Waals surface area contributed by atoms with Crippen molar-refractivity contribution in [2.75, 3.05) is 0 Å². The highest BCUT2D eigenvalue weighted by atomic mass is 35.5. The minimum Gasteiger partial charge on any atom is -0.265 e. The molecule has 15 heavy (non-hydrogen) atoms. The molecule has 0 spiro atoms. The summed E-state index contributed by atoms with van der Waals surface area (Å²) in [6.07, 6.45) is 7.00. The fourth-order valence-electron chi connectivity index (χ4n) is 0.625. The van der Waals surface area contributed by atoms with Crippen molar-refractivity contribution in [3.63, 3.8) is 0 Å². The molecule has 2 nitrogen and oxygen atoms in total. The van der Waals surface area contributed by atoms with Crippen LogP contribution in [0.4, 0.5) is 0 Å². The zero-order chi connectivity index (χ0) is 10.5. The van der Waals surface area contributed by atoms with Gasteiger partial charge in [0, 0.05) is 24.8 Å². The summed E-state index contributed by atoms with van der Waals surface area (Å²) in [5.41, 5.74) is 0. The van der Waals surface area contributed by atoms with Crippen LogP contribution in [0.5, 0.6) is 0 Å². The zero-order valence-electron chi connectivity index (χ0n) is 7.97. The average Bonchev–Trinajstić information content (AvgIpc) is 2.37. The van der Waals surface area contributed by atoms with Crippen molar-refractivity contribution in [3.05, 3.63) is 61.2 Å². The van der Waals surface area contributed by atoms with E-state index in [0.29, 0.717) is 0 Å². The number of pyridine rings is 2. The molecule has 0 aliphatic heterocycles. The van der Waals surface area contributed by atoms with Gasteiger partial charge in [0.25, 0.3) is 0 Å². The quantitative estimate of drug-likeness (QED) is 0.561. The molecule has 2 aromatic rings. The smallest absolute Gasteiger partial charge is 0.0267 e. The summed E-state index contributed by atoms with van der Waals surface area (Å²) in [6.45, 7) is 0. The highest BCUT2D eigenvalue weighted by Gasteiger charge is 1.59. The Hall–Kier alpha value is -0.710. The number of halogens is 1. The van der Waals surface area contributed by atoms with E-state index in [0.717, 1.165) is 0 Å². The van der Waals surface area contributed by atoms with E-state index in [9.17, 15) is 0 Å². The Morgan fingerprint density at radius 1 is 0.533 bits per heavy atom. The predicted molar refractivity (Wildman–Crippen MR) is 73.7 cm³/mol. The fraction of sp³-hybridized carbons (Fsp3) is 0. The van der Waals surface area contributed by atoms with Crippen LogP contribution in [0.1, 0.15) is 0 Å². The Bertz CT molecular complexity index is 197. The van der Waals surface area contributed by atoms with Crippen LogP contribution in [0.25, 0.3) is 0 Å². The topological polar surface area (TPSA) is 25.8 Å². The van der Waals surface area contributed by atoms with Crippen LogP contribution in [0.15, 0.2) is 61.2 Å². The number of aromatic nitrogens is 2. The van der Waals surface area contributed by atoms with Gasteiger partial charge in [0.15, 0.2) is 0 Å². The molecule has 0 aliphatic carbocycles. The third-order valence-electron chi connectivity index (χ3n) is 1.13. The van der Waals surface area contributed by atoms with Crippen LogP contribution in [0, 0.1) is 0 Å². The Morgan fingerprint density at radius 2 is 0.800 bits per heavy atom. The minimum absolute atomic E-state index is 0. The standard InChI is InChI=1S/2C5H5N.ClH.H2S2/c2*1-2-4-6-5-3-1;;1-2/h2*1-5H;1H;1-2H. The molecule has 5 heteroatoms. The molecule has 2 aromatic heterocycles. The van der Waals surface area contributed by atoms with Crippen LogP contribution in [-0.2, 0) is 0 Å². The second-order valence-electron chi connectivity index (χ2n) is 2.05. The lowest BCUT2D eigenvalue weighted by molar-refractivity contribution is 1.33. The molecule has 0 unspecified atom stereocenters. The first-order valence-corrected chi connectivity index (χ1v) is 5.50. The van der Waals surface area contributed by atoms with E-state index >= 15 is 0 Å². The number of thiol groups is 2. The molecule has 0 fully saturated rings. The molecule has 0 N–H and O–H groups in total. The van der Waals surface area contributed by atoms with Gasteiger partial charge in [-0.1, -0.05) is 12.1 Å². The van der Waals surface area contributed by atoms with Crippen molar-refractivity contribution in [2.24, 2.45) is 0 Å². The monoisotopic (exact) mass is 260 g/mol. The lowest BCUT2D eigenvalue weighted by Crippen LogP contribution is -1.58. The maximum atomic E-state index is 3.78.